The largest absolute Gasteiger partial charge is 0.371 e. The van der Waals surface area contributed by atoms with Gasteiger partial charge in [-0.1, -0.05) is 54.1 Å². The fourth-order valence-electron chi connectivity index (χ4n) is 3.20. The molecular formula is C20H25ClN2O3S. The van der Waals surface area contributed by atoms with E-state index in [9.17, 15) is 8.42 Å². The molecule has 1 aliphatic heterocycles. The molecule has 27 heavy (non-hydrogen) atoms. The maximum atomic E-state index is 12.2. The summed E-state index contributed by atoms with van der Waals surface area (Å²) in [7, 11) is -3.36. The van der Waals surface area contributed by atoms with Crippen LogP contribution in [-0.2, 0) is 20.5 Å². The predicted molar refractivity (Wildman–Crippen MR) is 108 cm³/mol. The minimum atomic E-state index is -3.36. The number of nitrogens with zero attached hydrogens (tertiary/aromatic N) is 1. The summed E-state index contributed by atoms with van der Waals surface area (Å²) in [6.45, 7) is 3.67. The van der Waals surface area contributed by atoms with Crippen LogP contribution in [0.25, 0.3) is 0 Å². The second-order valence-electron chi connectivity index (χ2n) is 6.71. The zero-order chi connectivity index (χ0) is 19.1. The first kappa shape index (κ1) is 20.3. The van der Waals surface area contributed by atoms with E-state index in [-0.39, 0.29) is 11.9 Å². The lowest BCUT2D eigenvalue weighted by Crippen LogP contribution is -2.39. The Hall–Kier alpha value is -1.44. The molecule has 0 aromatic heterocycles. The molecule has 1 aliphatic rings. The average molecular weight is 409 g/mol. The monoisotopic (exact) mass is 408 g/mol. The summed E-state index contributed by atoms with van der Waals surface area (Å²) in [5.41, 5.74) is 1.87. The van der Waals surface area contributed by atoms with Crippen molar-refractivity contribution in [2.24, 2.45) is 0 Å². The van der Waals surface area contributed by atoms with Gasteiger partial charge in [-0.05, 0) is 36.2 Å². The van der Waals surface area contributed by atoms with Crippen LogP contribution in [0.15, 0.2) is 54.6 Å². The van der Waals surface area contributed by atoms with E-state index in [1.807, 2.05) is 18.2 Å². The van der Waals surface area contributed by atoms with Crippen molar-refractivity contribution in [3.63, 3.8) is 0 Å². The smallest absolute Gasteiger partial charge is 0.215 e. The number of rotatable bonds is 8. The van der Waals surface area contributed by atoms with Gasteiger partial charge in [0.05, 0.1) is 18.5 Å². The highest BCUT2D eigenvalue weighted by atomic mass is 35.5. The van der Waals surface area contributed by atoms with E-state index >= 15 is 0 Å². The third-order valence-corrected chi connectivity index (χ3v) is 6.13. The Balaban J connectivity index is 1.41. The van der Waals surface area contributed by atoms with Crippen molar-refractivity contribution in [1.29, 1.82) is 0 Å². The first-order chi connectivity index (χ1) is 13.0. The number of halogens is 1. The van der Waals surface area contributed by atoms with E-state index in [0.717, 1.165) is 26.1 Å². The van der Waals surface area contributed by atoms with Gasteiger partial charge in [-0.3, -0.25) is 4.90 Å². The highest BCUT2D eigenvalue weighted by Gasteiger charge is 2.21. The zero-order valence-electron chi connectivity index (χ0n) is 15.2. The summed E-state index contributed by atoms with van der Waals surface area (Å²) in [6.07, 6.45) is 0.843. The molecule has 2 aromatic carbocycles. The van der Waals surface area contributed by atoms with Gasteiger partial charge >= 0.3 is 0 Å². The maximum Gasteiger partial charge on any atom is 0.215 e. The van der Waals surface area contributed by atoms with E-state index in [2.05, 4.69) is 21.8 Å². The SMILES string of the molecule is O=S(=O)(Cc1cccc(Cl)c1)NCCCN1CCOC(c2ccccc2)C1. The molecule has 0 bridgehead atoms. The van der Waals surface area contributed by atoms with Gasteiger partial charge in [0.15, 0.2) is 0 Å². The van der Waals surface area contributed by atoms with Gasteiger partial charge in [0.1, 0.15) is 0 Å². The number of benzene rings is 2. The van der Waals surface area contributed by atoms with Crippen molar-refractivity contribution in [3.8, 4) is 0 Å². The minimum Gasteiger partial charge on any atom is -0.371 e. The molecule has 3 rings (SSSR count). The van der Waals surface area contributed by atoms with Crippen molar-refractivity contribution in [2.75, 3.05) is 32.8 Å². The molecule has 0 radical (unpaired) electrons. The number of nitrogens with one attached hydrogen (secondary N) is 1. The van der Waals surface area contributed by atoms with E-state index in [4.69, 9.17) is 16.3 Å². The first-order valence-electron chi connectivity index (χ1n) is 9.12. The lowest BCUT2D eigenvalue weighted by molar-refractivity contribution is -0.0300. The van der Waals surface area contributed by atoms with Crippen LogP contribution in [0.1, 0.15) is 23.7 Å². The zero-order valence-corrected chi connectivity index (χ0v) is 16.8. The van der Waals surface area contributed by atoms with Gasteiger partial charge in [0.2, 0.25) is 10.0 Å². The van der Waals surface area contributed by atoms with Gasteiger partial charge in [0.25, 0.3) is 0 Å². The molecule has 0 amide bonds. The van der Waals surface area contributed by atoms with Gasteiger partial charge in [-0.2, -0.15) is 0 Å². The topological polar surface area (TPSA) is 58.6 Å². The van der Waals surface area contributed by atoms with Crippen molar-refractivity contribution in [3.05, 3.63) is 70.7 Å². The quantitative estimate of drug-likeness (QED) is 0.681. The standard InChI is InChI=1S/C20H25ClN2O3S/c21-19-9-4-6-17(14-19)16-27(24,25)22-10-5-11-23-12-13-26-20(15-23)18-7-2-1-3-8-18/h1-4,6-9,14,20,22H,5,10-13,15-16H2. The summed E-state index contributed by atoms with van der Waals surface area (Å²) in [5, 5.41) is 0.544. The second-order valence-corrected chi connectivity index (χ2v) is 8.95. The van der Waals surface area contributed by atoms with Crippen molar-refractivity contribution in [2.45, 2.75) is 18.3 Å². The highest BCUT2D eigenvalue weighted by molar-refractivity contribution is 7.88. The van der Waals surface area contributed by atoms with Gasteiger partial charge < -0.3 is 4.74 Å². The number of morpholine rings is 1. The van der Waals surface area contributed by atoms with E-state index < -0.39 is 10.0 Å². The van der Waals surface area contributed by atoms with Crippen molar-refractivity contribution in [1.82, 2.24) is 9.62 Å². The third kappa shape index (κ3) is 6.59. The molecule has 1 unspecified atom stereocenters. The Bertz CT molecular complexity index is 830. The summed E-state index contributed by atoms with van der Waals surface area (Å²) in [4.78, 5) is 2.33. The van der Waals surface area contributed by atoms with Crippen molar-refractivity contribution < 1.29 is 13.2 Å². The molecule has 1 heterocycles. The molecule has 1 N–H and O–H groups in total. The molecule has 0 spiro atoms. The van der Waals surface area contributed by atoms with E-state index in [0.29, 0.717) is 23.7 Å². The highest BCUT2D eigenvalue weighted by Crippen LogP contribution is 2.21. The summed E-state index contributed by atoms with van der Waals surface area (Å²) in [5.74, 6) is -0.0544. The summed E-state index contributed by atoms with van der Waals surface area (Å²) < 4.78 is 33.0. The predicted octanol–water partition coefficient (Wildman–Crippen LogP) is 3.22. The Labute approximate surface area is 166 Å². The number of sulfonamides is 1. The number of ether oxygens (including phenoxy) is 1. The fraction of sp³-hybridized carbons (Fsp3) is 0.400. The van der Waals surface area contributed by atoms with Gasteiger partial charge in [-0.15, -0.1) is 0 Å². The van der Waals surface area contributed by atoms with Gasteiger partial charge in [0, 0.05) is 24.7 Å². The molecule has 5 nitrogen and oxygen atoms in total. The molecule has 0 saturated carbocycles. The average Bonchev–Trinajstić information content (AvgIpc) is 2.66. The Kier molecular flexibility index (Phi) is 7.26. The number of hydrogen-bond donors (Lipinski definition) is 1. The molecular weight excluding hydrogens is 384 g/mol. The molecule has 0 aliphatic carbocycles. The van der Waals surface area contributed by atoms with Crippen LogP contribution in [0, 0.1) is 0 Å². The molecule has 7 heteroatoms. The minimum absolute atomic E-state index is 0.0544. The fourth-order valence-corrected chi connectivity index (χ4v) is 4.59. The Morgan fingerprint density at radius 3 is 2.74 bits per heavy atom. The maximum absolute atomic E-state index is 12.2. The summed E-state index contributed by atoms with van der Waals surface area (Å²) in [6, 6.07) is 17.1. The Morgan fingerprint density at radius 2 is 1.96 bits per heavy atom. The van der Waals surface area contributed by atoms with Crippen LogP contribution in [0.3, 0.4) is 0 Å². The molecule has 2 aromatic rings. The number of hydrogen-bond acceptors (Lipinski definition) is 4. The third-order valence-electron chi connectivity index (χ3n) is 4.54. The Morgan fingerprint density at radius 1 is 1.15 bits per heavy atom. The van der Waals surface area contributed by atoms with Gasteiger partial charge in [-0.25, -0.2) is 13.1 Å². The second kappa shape index (κ2) is 9.66. The van der Waals surface area contributed by atoms with Crippen LogP contribution in [-0.4, -0.2) is 46.1 Å². The molecule has 1 fully saturated rings. The van der Waals surface area contributed by atoms with Crippen LogP contribution >= 0.6 is 11.6 Å². The van der Waals surface area contributed by atoms with Crippen LogP contribution in [0.4, 0.5) is 0 Å². The normalized spacial score (nSPS) is 18.5. The van der Waals surface area contributed by atoms with Crippen molar-refractivity contribution >= 4 is 21.6 Å². The molecule has 1 saturated heterocycles. The van der Waals surface area contributed by atoms with Crippen LogP contribution < -0.4 is 4.72 Å². The lowest BCUT2D eigenvalue weighted by Gasteiger charge is -2.33. The van der Waals surface area contributed by atoms with Crippen LogP contribution in [0.2, 0.25) is 5.02 Å². The van der Waals surface area contributed by atoms with Crippen LogP contribution in [0.5, 0.6) is 0 Å². The lowest BCUT2D eigenvalue weighted by atomic mass is 10.1. The molecule has 146 valence electrons. The van der Waals surface area contributed by atoms with E-state index in [1.165, 1.54) is 5.56 Å². The summed E-state index contributed by atoms with van der Waals surface area (Å²) >= 11 is 5.91. The first-order valence-corrected chi connectivity index (χ1v) is 11.2. The molecule has 1 atom stereocenters. The van der Waals surface area contributed by atoms with E-state index in [1.54, 1.807) is 24.3 Å².